The summed E-state index contributed by atoms with van der Waals surface area (Å²) in [5.74, 6) is -3.88. The number of nitrogens with one attached hydrogen (secondary N) is 1. The van der Waals surface area contributed by atoms with Gasteiger partial charge in [0.05, 0.1) is 26.5 Å². The van der Waals surface area contributed by atoms with Crippen LogP contribution in [0.1, 0.15) is 13.3 Å². The summed E-state index contributed by atoms with van der Waals surface area (Å²) in [5, 5.41) is 56.8. The van der Waals surface area contributed by atoms with E-state index in [1.165, 1.54) is 48.5 Å². The molecule has 0 bridgehead atoms. The Morgan fingerprint density at radius 3 is 1.48 bits per heavy atom. The maximum absolute atomic E-state index is 12.7. The van der Waals surface area contributed by atoms with Gasteiger partial charge < -0.3 is 40.5 Å². The van der Waals surface area contributed by atoms with Gasteiger partial charge in [-0.15, -0.1) is 0 Å². The molecule has 4 aromatic rings. The predicted molar refractivity (Wildman–Crippen MR) is 154 cm³/mol. The molecule has 24 heteroatoms. The van der Waals surface area contributed by atoms with Crippen molar-refractivity contribution in [3.05, 3.63) is 71.1 Å². The number of hydrogen-bond donors (Lipinski definition) is 4. The fraction of sp³-hybridized carbons (Fsp3) is 0.269. The summed E-state index contributed by atoms with van der Waals surface area (Å²) >= 11 is 0. The topological polar surface area (TPSA) is 334 Å². The molecule has 0 aliphatic carbocycles. The van der Waals surface area contributed by atoms with Crippen LogP contribution in [0.15, 0.2) is 89.8 Å². The summed E-state index contributed by atoms with van der Waals surface area (Å²) in [6.45, 7) is 1.01. The Balaban J connectivity index is 0.000000569. The van der Waals surface area contributed by atoms with Gasteiger partial charge in [-0.05, 0) is 41.0 Å². The van der Waals surface area contributed by atoms with Gasteiger partial charge in [0.25, 0.3) is 19.7 Å². The number of benzene rings is 2. The van der Waals surface area contributed by atoms with Crippen LogP contribution in [0.2, 0.25) is 0 Å². The number of rotatable bonds is 15. The first kappa shape index (κ1) is 40.2. The first-order chi connectivity index (χ1) is 23.5. The Morgan fingerprint density at radius 2 is 1.18 bits per heavy atom. The second-order valence-corrected chi connectivity index (χ2v) is 13.1. The number of carbonyl (C=O) groups excluding carboxylic acids is 2. The minimum Gasteiger partial charge on any atom is -0.481 e. The summed E-state index contributed by atoms with van der Waals surface area (Å²) in [7, 11) is -8.47. The number of aromatic nitrogens is 4. The second kappa shape index (κ2) is 18.0. The van der Waals surface area contributed by atoms with E-state index < -0.39 is 65.4 Å². The van der Waals surface area contributed by atoms with Crippen LogP contribution in [-0.2, 0) is 38.9 Å². The monoisotopic (exact) mass is 745 g/mol. The van der Waals surface area contributed by atoms with Gasteiger partial charge in [-0.2, -0.15) is 9.59 Å². The zero-order valence-electron chi connectivity index (χ0n) is 25.5. The van der Waals surface area contributed by atoms with Crippen molar-refractivity contribution >= 4 is 37.8 Å². The maximum Gasteiger partial charge on any atom is 0.415 e. The lowest BCUT2D eigenvalue weighted by Crippen LogP contribution is -2.37. The largest absolute Gasteiger partial charge is 0.481 e. The predicted octanol–water partition coefficient (Wildman–Crippen LogP) is -1.64. The van der Waals surface area contributed by atoms with Crippen LogP contribution in [0.5, 0.6) is 11.8 Å². The Kier molecular flexibility index (Phi) is 14.5. The lowest BCUT2D eigenvalue weighted by atomic mass is 10.0. The molecule has 4 rings (SSSR count). The number of carbonyl (C=O) groups is 2. The zero-order chi connectivity index (χ0) is 37.5. The standard InChI is InChI=1S/C20H19N5O10S2.C5H8O5.CO2/c26-24-19(36(28,29)15-7-3-1-4-8-15)17(22-34-24)32-13-11-21-12-14-33-18-20(25(27)35-23-18)37(30,31)16-9-5-2-6-10-16;1-5(10,4(8)9)2-3(6)7;2-1-3/h1-10,21H,11-14H2;10H,2H2,1H3,(H,6,7)(H,8,9);. The average molecular weight is 746 g/mol. The van der Waals surface area contributed by atoms with Crippen molar-refractivity contribution in [2.45, 2.75) is 38.8 Å². The molecule has 22 nitrogen and oxygen atoms in total. The third kappa shape index (κ3) is 10.8. The highest BCUT2D eigenvalue weighted by molar-refractivity contribution is 7.91. The van der Waals surface area contributed by atoms with Crippen LogP contribution in [0.25, 0.3) is 0 Å². The second-order valence-electron chi connectivity index (χ2n) is 9.39. The SMILES string of the molecule is CC(O)(CC(=O)O)C(=O)O.O=C=O.O=S(=O)(c1ccccc1)c1c(OCCNCCOc2no[n+]([O-])c2S(=O)(=O)c2ccccc2)no[n+]1[O-]. The lowest BCUT2D eigenvalue weighted by Gasteiger charge is -2.13. The molecule has 0 fully saturated rings. The molecule has 0 spiro atoms. The highest BCUT2D eigenvalue weighted by Gasteiger charge is 2.37. The zero-order valence-corrected chi connectivity index (χ0v) is 27.1. The fourth-order valence-corrected chi connectivity index (χ4v) is 6.01. The van der Waals surface area contributed by atoms with Gasteiger partial charge in [0, 0.05) is 13.1 Å². The van der Waals surface area contributed by atoms with E-state index in [1.807, 2.05) is 0 Å². The number of carboxylic acids is 2. The van der Waals surface area contributed by atoms with E-state index >= 15 is 0 Å². The van der Waals surface area contributed by atoms with Gasteiger partial charge in [0.15, 0.2) is 5.60 Å². The van der Waals surface area contributed by atoms with Gasteiger partial charge in [-0.25, -0.2) is 21.6 Å². The van der Waals surface area contributed by atoms with Crippen LogP contribution >= 0.6 is 0 Å². The van der Waals surface area contributed by atoms with Crippen LogP contribution in [0.3, 0.4) is 0 Å². The van der Waals surface area contributed by atoms with Crippen molar-refractivity contribution in [1.29, 1.82) is 0 Å². The normalized spacial score (nSPS) is 12.1. The average Bonchev–Trinajstić information content (AvgIpc) is 3.63. The van der Waals surface area contributed by atoms with Gasteiger partial charge >= 0.3 is 39.9 Å². The molecule has 2 aromatic carbocycles. The highest BCUT2D eigenvalue weighted by atomic mass is 32.2. The Morgan fingerprint density at radius 1 is 0.820 bits per heavy atom. The number of sulfone groups is 2. The first-order valence-corrected chi connectivity index (χ1v) is 16.4. The third-order valence-electron chi connectivity index (χ3n) is 5.70. The van der Waals surface area contributed by atoms with Crippen molar-refractivity contribution in [1.82, 2.24) is 15.6 Å². The van der Waals surface area contributed by atoms with Crippen molar-refractivity contribution < 1.29 is 79.9 Å². The highest BCUT2D eigenvalue weighted by Crippen LogP contribution is 2.26. The van der Waals surface area contributed by atoms with Crippen LogP contribution < -0.4 is 24.6 Å². The van der Waals surface area contributed by atoms with E-state index in [-0.39, 0.29) is 52.1 Å². The molecule has 0 aliphatic rings. The Hall–Kier alpha value is -5.94. The quantitative estimate of drug-likeness (QED) is 0.0782. The number of aliphatic carboxylic acids is 2. The number of aliphatic hydroxyl groups is 1. The number of hydrogen-bond acceptors (Lipinski definition) is 18. The van der Waals surface area contributed by atoms with Crippen LogP contribution in [0, 0.1) is 10.4 Å². The molecule has 270 valence electrons. The molecule has 0 radical (unpaired) electrons. The summed E-state index contributed by atoms with van der Waals surface area (Å²) in [6.07, 6.45) is -0.539. The molecule has 2 aromatic heterocycles. The van der Waals surface area contributed by atoms with Crippen molar-refractivity contribution in [3.63, 3.8) is 0 Å². The molecule has 50 heavy (non-hydrogen) atoms. The molecular weight excluding hydrogens is 718 g/mol. The van der Waals surface area contributed by atoms with Gasteiger partial charge in [0.2, 0.25) is 0 Å². The van der Waals surface area contributed by atoms with Crippen LogP contribution in [-0.4, -0.2) is 92.5 Å². The van der Waals surface area contributed by atoms with E-state index in [4.69, 9.17) is 34.4 Å². The maximum atomic E-state index is 12.7. The number of carboxylic acid groups (broad SMARTS) is 2. The third-order valence-corrected chi connectivity index (χ3v) is 9.15. The number of nitrogens with zero attached hydrogens (tertiary/aromatic N) is 4. The smallest absolute Gasteiger partial charge is 0.415 e. The summed E-state index contributed by atoms with van der Waals surface area (Å²) in [6, 6.07) is 14.5. The van der Waals surface area contributed by atoms with Crippen molar-refractivity contribution in [2.24, 2.45) is 0 Å². The van der Waals surface area contributed by atoms with Crippen molar-refractivity contribution in [3.8, 4) is 11.8 Å². The van der Waals surface area contributed by atoms with E-state index in [1.54, 1.807) is 12.1 Å². The lowest BCUT2D eigenvalue weighted by molar-refractivity contribution is -0.832. The summed E-state index contributed by atoms with van der Waals surface area (Å²) < 4.78 is 70.3. The summed E-state index contributed by atoms with van der Waals surface area (Å²) in [5.41, 5.74) is -2.16. The molecule has 0 saturated heterocycles. The molecule has 0 saturated carbocycles. The minimum atomic E-state index is -4.24. The summed E-state index contributed by atoms with van der Waals surface area (Å²) in [4.78, 5) is 35.4. The van der Waals surface area contributed by atoms with E-state index in [0.717, 1.165) is 6.92 Å². The molecule has 0 amide bonds. The Bertz CT molecular complexity index is 1860. The molecule has 1 atom stereocenters. The number of ether oxygens (including phenoxy) is 2. The molecule has 0 aliphatic heterocycles. The molecule has 1 unspecified atom stereocenters. The van der Waals surface area contributed by atoms with Crippen molar-refractivity contribution in [2.75, 3.05) is 26.3 Å². The van der Waals surface area contributed by atoms with Gasteiger partial charge in [0.1, 0.15) is 13.2 Å². The van der Waals surface area contributed by atoms with Gasteiger partial charge in [-0.3, -0.25) is 14.1 Å². The first-order valence-electron chi connectivity index (χ1n) is 13.4. The van der Waals surface area contributed by atoms with Crippen LogP contribution in [0.4, 0.5) is 0 Å². The van der Waals surface area contributed by atoms with E-state index in [2.05, 4.69) is 24.9 Å². The van der Waals surface area contributed by atoms with E-state index in [9.17, 15) is 36.8 Å². The fourth-order valence-electron chi connectivity index (χ4n) is 3.42. The van der Waals surface area contributed by atoms with E-state index in [0.29, 0.717) is 0 Å². The molecular formula is C26H27N5O17S2. The minimum absolute atomic E-state index is 0.109. The Labute approximate surface area is 281 Å². The van der Waals surface area contributed by atoms with Gasteiger partial charge in [-0.1, -0.05) is 36.4 Å². The molecule has 4 N–H and O–H groups in total. The molecule has 2 heterocycles.